The summed E-state index contributed by atoms with van der Waals surface area (Å²) in [5.41, 5.74) is 2.98. The SMILES string of the molecule is Cc1ccc(Cl)cc1N1CCN(C(=O)Cc2csc(NC(=O)N3CCN(c4ccccn4)CC3)n2)CC1. The lowest BCUT2D eigenvalue weighted by Gasteiger charge is -2.36. The molecule has 0 spiro atoms. The molecule has 0 unspecified atom stereocenters. The lowest BCUT2D eigenvalue weighted by Crippen LogP contribution is -2.50. The van der Waals surface area contributed by atoms with E-state index in [-0.39, 0.29) is 18.4 Å². The highest BCUT2D eigenvalue weighted by Gasteiger charge is 2.25. The molecule has 0 radical (unpaired) electrons. The second-order valence-electron chi connectivity index (χ2n) is 9.21. The van der Waals surface area contributed by atoms with Gasteiger partial charge in [0.25, 0.3) is 0 Å². The Kier molecular flexibility index (Phi) is 7.76. The van der Waals surface area contributed by atoms with Gasteiger partial charge in [0.2, 0.25) is 5.91 Å². The lowest BCUT2D eigenvalue weighted by molar-refractivity contribution is -0.130. The van der Waals surface area contributed by atoms with E-state index in [1.54, 1.807) is 11.1 Å². The van der Waals surface area contributed by atoms with E-state index in [1.165, 1.54) is 16.9 Å². The molecular formula is C26H30ClN7O2S. The number of hydrogen-bond acceptors (Lipinski definition) is 7. The van der Waals surface area contributed by atoms with Gasteiger partial charge >= 0.3 is 6.03 Å². The Morgan fingerprint density at radius 1 is 0.973 bits per heavy atom. The molecule has 2 saturated heterocycles. The maximum absolute atomic E-state index is 12.9. The fourth-order valence-electron chi connectivity index (χ4n) is 4.68. The van der Waals surface area contributed by atoms with Crippen LogP contribution in [0.2, 0.25) is 5.02 Å². The minimum Gasteiger partial charge on any atom is -0.368 e. The van der Waals surface area contributed by atoms with E-state index in [9.17, 15) is 9.59 Å². The third kappa shape index (κ3) is 6.14. The first-order valence-electron chi connectivity index (χ1n) is 12.4. The van der Waals surface area contributed by atoms with Crippen LogP contribution in [0.4, 0.5) is 21.4 Å². The van der Waals surface area contributed by atoms with Gasteiger partial charge in [0, 0.05) is 74.6 Å². The maximum Gasteiger partial charge on any atom is 0.323 e. The molecule has 2 aliphatic heterocycles. The Morgan fingerprint density at radius 2 is 1.70 bits per heavy atom. The average molecular weight is 540 g/mol. The molecule has 0 aliphatic carbocycles. The highest BCUT2D eigenvalue weighted by molar-refractivity contribution is 7.13. The molecule has 194 valence electrons. The molecule has 2 aromatic heterocycles. The zero-order valence-corrected chi connectivity index (χ0v) is 22.3. The lowest BCUT2D eigenvalue weighted by atomic mass is 10.1. The summed E-state index contributed by atoms with van der Waals surface area (Å²) in [6.45, 7) is 7.59. The van der Waals surface area contributed by atoms with E-state index in [1.807, 2.05) is 46.7 Å². The van der Waals surface area contributed by atoms with Crippen molar-refractivity contribution in [3.63, 3.8) is 0 Å². The molecule has 3 aromatic rings. The molecule has 0 atom stereocenters. The van der Waals surface area contributed by atoms with Crippen LogP contribution in [0.25, 0.3) is 0 Å². The van der Waals surface area contributed by atoms with E-state index in [2.05, 4.69) is 32.0 Å². The summed E-state index contributed by atoms with van der Waals surface area (Å²) < 4.78 is 0. The van der Waals surface area contributed by atoms with Gasteiger partial charge in [-0.05, 0) is 36.8 Å². The molecule has 0 bridgehead atoms. The third-order valence-electron chi connectivity index (χ3n) is 6.78. The summed E-state index contributed by atoms with van der Waals surface area (Å²) in [6, 6.07) is 11.6. The predicted molar refractivity (Wildman–Crippen MR) is 148 cm³/mol. The van der Waals surface area contributed by atoms with E-state index in [0.29, 0.717) is 37.0 Å². The van der Waals surface area contributed by atoms with Gasteiger partial charge in [0.05, 0.1) is 12.1 Å². The van der Waals surface area contributed by atoms with Crippen LogP contribution in [-0.4, -0.2) is 84.1 Å². The smallest absolute Gasteiger partial charge is 0.323 e. The highest BCUT2D eigenvalue weighted by atomic mass is 35.5. The Labute approximate surface area is 225 Å². The number of pyridine rings is 1. The van der Waals surface area contributed by atoms with Gasteiger partial charge < -0.3 is 19.6 Å². The quantitative estimate of drug-likeness (QED) is 0.531. The monoisotopic (exact) mass is 539 g/mol. The number of carbonyl (C=O) groups is 2. The fraction of sp³-hybridized carbons (Fsp3) is 0.385. The van der Waals surface area contributed by atoms with Crippen molar-refractivity contribution >= 4 is 51.5 Å². The Balaban J connectivity index is 1.08. The first-order chi connectivity index (χ1) is 18.0. The number of rotatable bonds is 5. The molecule has 3 amide bonds. The van der Waals surface area contributed by atoms with Gasteiger partial charge in [-0.15, -0.1) is 11.3 Å². The van der Waals surface area contributed by atoms with Crippen molar-refractivity contribution in [3.05, 3.63) is 64.3 Å². The van der Waals surface area contributed by atoms with Crippen molar-refractivity contribution in [2.24, 2.45) is 0 Å². The van der Waals surface area contributed by atoms with Gasteiger partial charge in [-0.2, -0.15) is 0 Å². The Morgan fingerprint density at radius 3 is 2.43 bits per heavy atom. The van der Waals surface area contributed by atoms with Gasteiger partial charge in [-0.3, -0.25) is 10.1 Å². The summed E-state index contributed by atoms with van der Waals surface area (Å²) in [6.07, 6.45) is 2.01. The van der Waals surface area contributed by atoms with Crippen LogP contribution >= 0.6 is 22.9 Å². The number of halogens is 1. The Hall–Kier alpha value is -3.37. The summed E-state index contributed by atoms with van der Waals surface area (Å²) in [5, 5.41) is 5.97. The molecule has 1 N–H and O–H groups in total. The molecular weight excluding hydrogens is 510 g/mol. The number of piperazine rings is 2. The zero-order chi connectivity index (χ0) is 25.8. The van der Waals surface area contributed by atoms with Crippen LogP contribution < -0.4 is 15.1 Å². The van der Waals surface area contributed by atoms with E-state index in [4.69, 9.17) is 11.6 Å². The first kappa shape index (κ1) is 25.3. The van der Waals surface area contributed by atoms with E-state index >= 15 is 0 Å². The average Bonchev–Trinajstić information content (AvgIpc) is 3.37. The molecule has 37 heavy (non-hydrogen) atoms. The first-order valence-corrected chi connectivity index (χ1v) is 13.7. The number of anilines is 3. The van der Waals surface area contributed by atoms with Crippen molar-refractivity contribution in [2.75, 3.05) is 67.5 Å². The normalized spacial score (nSPS) is 16.2. The number of carbonyl (C=O) groups excluding carboxylic acids is 2. The molecule has 2 fully saturated rings. The minimum atomic E-state index is -0.166. The number of aryl methyl sites for hydroxylation is 1. The van der Waals surface area contributed by atoms with Crippen LogP contribution in [0.5, 0.6) is 0 Å². The van der Waals surface area contributed by atoms with Crippen LogP contribution in [-0.2, 0) is 11.2 Å². The van der Waals surface area contributed by atoms with Crippen LogP contribution in [0.1, 0.15) is 11.3 Å². The molecule has 4 heterocycles. The number of hydrogen-bond donors (Lipinski definition) is 1. The maximum atomic E-state index is 12.9. The van der Waals surface area contributed by atoms with E-state index < -0.39 is 0 Å². The predicted octanol–water partition coefficient (Wildman–Crippen LogP) is 3.75. The number of urea groups is 1. The van der Waals surface area contributed by atoms with Gasteiger partial charge in [-0.25, -0.2) is 14.8 Å². The van der Waals surface area contributed by atoms with Gasteiger partial charge in [-0.1, -0.05) is 23.7 Å². The number of aromatic nitrogens is 2. The second-order valence-corrected chi connectivity index (χ2v) is 10.5. The molecule has 5 rings (SSSR count). The van der Waals surface area contributed by atoms with Crippen LogP contribution in [0.15, 0.2) is 48.0 Å². The van der Waals surface area contributed by atoms with Crippen molar-refractivity contribution in [2.45, 2.75) is 13.3 Å². The summed E-state index contributed by atoms with van der Waals surface area (Å²) in [7, 11) is 0. The van der Waals surface area contributed by atoms with Gasteiger partial charge in [0.15, 0.2) is 5.13 Å². The van der Waals surface area contributed by atoms with E-state index in [0.717, 1.165) is 42.7 Å². The summed E-state index contributed by atoms with van der Waals surface area (Å²) >= 11 is 7.53. The van der Waals surface area contributed by atoms with Crippen LogP contribution in [0, 0.1) is 6.92 Å². The van der Waals surface area contributed by atoms with Crippen molar-refractivity contribution in [1.29, 1.82) is 0 Å². The zero-order valence-electron chi connectivity index (χ0n) is 20.8. The number of amides is 3. The second kappa shape index (κ2) is 11.4. The standard InChI is InChI=1S/C26H30ClN7O2S/c1-19-5-6-20(27)16-22(19)31-8-12-33(13-9-31)24(35)17-21-18-37-25(29-21)30-26(36)34-14-10-32(11-15-34)23-4-2-3-7-28-23/h2-7,16,18H,8-15,17H2,1H3,(H,29,30,36). The number of nitrogens with one attached hydrogen (secondary N) is 1. The molecule has 1 aromatic carbocycles. The molecule has 11 heteroatoms. The summed E-state index contributed by atoms with van der Waals surface area (Å²) in [5.74, 6) is 0.981. The molecule has 9 nitrogen and oxygen atoms in total. The number of thiazole rings is 1. The van der Waals surface area contributed by atoms with Crippen LogP contribution in [0.3, 0.4) is 0 Å². The summed E-state index contributed by atoms with van der Waals surface area (Å²) in [4.78, 5) is 42.6. The van der Waals surface area contributed by atoms with Gasteiger partial charge in [0.1, 0.15) is 5.82 Å². The molecule has 0 saturated carbocycles. The highest BCUT2D eigenvalue weighted by Crippen LogP contribution is 2.25. The largest absolute Gasteiger partial charge is 0.368 e. The number of nitrogens with zero attached hydrogens (tertiary/aromatic N) is 6. The molecule has 2 aliphatic rings. The third-order valence-corrected chi connectivity index (χ3v) is 7.82. The minimum absolute atomic E-state index is 0.0521. The van der Waals surface area contributed by atoms with Crippen molar-refractivity contribution in [3.8, 4) is 0 Å². The van der Waals surface area contributed by atoms with Crippen molar-refractivity contribution in [1.82, 2.24) is 19.8 Å². The van der Waals surface area contributed by atoms with Crippen molar-refractivity contribution < 1.29 is 9.59 Å². The number of benzene rings is 1. The Bertz CT molecular complexity index is 1240. The fourth-order valence-corrected chi connectivity index (χ4v) is 5.55. The topological polar surface area (TPSA) is 84.9 Å².